The first-order chi connectivity index (χ1) is 12.9. The van der Waals surface area contributed by atoms with Gasteiger partial charge in [-0.1, -0.05) is 36.4 Å². The second kappa shape index (κ2) is 12.7. The standard InChI is InChI=1S/C13H10N.C12H11.2ClH.Hf/c1-2-6-12-10-13(9-11(12)5-1)14-7-3-4-8-14;1-2-6-11(7-3-1)10-12-8-4-5-9-12;;;/h1-10H;1-4,6-8H,5,10H2;2*1H;/q2*-1;;;+4/p-2. The SMILES string of the molecule is [C-]1=C(Cc2ccccc2)C=CC1.[Cl-].[Cl-].[Hf+4].c1ccc2[cH-]c(-n3cccc3)cc2c1. The van der Waals surface area contributed by atoms with Gasteiger partial charge in [-0.15, -0.1) is 47.5 Å². The van der Waals surface area contributed by atoms with E-state index in [9.17, 15) is 0 Å². The topological polar surface area (TPSA) is 4.93 Å². The third-order valence-electron chi connectivity index (χ3n) is 4.51. The van der Waals surface area contributed by atoms with E-state index >= 15 is 0 Å². The van der Waals surface area contributed by atoms with E-state index in [1.807, 2.05) is 18.2 Å². The van der Waals surface area contributed by atoms with Crippen molar-refractivity contribution in [2.24, 2.45) is 0 Å². The van der Waals surface area contributed by atoms with Crippen molar-refractivity contribution in [3.05, 3.63) is 121 Å². The van der Waals surface area contributed by atoms with E-state index in [2.05, 4.69) is 95.9 Å². The average Bonchev–Trinajstić information content (AvgIpc) is 3.44. The molecule has 1 aromatic heterocycles. The fourth-order valence-electron chi connectivity index (χ4n) is 3.18. The maximum Gasteiger partial charge on any atom is 4.00 e. The third-order valence-corrected chi connectivity index (χ3v) is 4.51. The molecule has 3 aromatic carbocycles. The van der Waals surface area contributed by atoms with Crippen LogP contribution < -0.4 is 24.8 Å². The molecule has 0 saturated heterocycles. The van der Waals surface area contributed by atoms with Crippen molar-refractivity contribution in [1.82, 2.24) is 4.57 Å². The molecule has 0 atom stereocenters. The number of fused-ring (bicyclic) bond motifs is 1. The van der Waals surface area contributed by atoms with E-state index in [4.69, 9.17) is 0 Å². The Kier molecular flexibility index (Phi) is 11.1. The second-order valence-corrected chi connectivity index (χ2v) is 6.40. The van der Waals surface area contributed by atoms with Crippen LogP contribution >= 0.6 is 0 Å². The second-order valence-electron chi connectivity index (χ2n) is 6.40. The molecule has 1 aliphatic carbocycles. The predicted molar refractivity (Wildman–Crippen MR) is 110 cm³/mol. The molecular weight excluding hydrogens is 564 g/mol. The Hall–Kier alpha value is -1.74. The Morgan fingerprint density at radius 3 is 2.21 bits per heavy atom. The van der Waals surface area contributed by atoms with Gasteiger partial charge in [-0.2, -0.15) is 6.08 Å². The summed E-state index contributed by atoms with van der Waals surface area (Å²) in [6, 6.07) is 27.4. The van der Waals surface area contributed by atoms with Crippen LogP contribution in [0.1, 0.15) is 12.0 Å². The van der Waals surface area contributed by atoms with Gasteiger partial charge in [0.1, 0.15) is 0 Å². The minimum atomic E-state index is 0. The van der Waals surface area contributed by atoms with Crippen LogP contribution in [0.4, 0.5) is 0 Å². The van der Waals surface area contributed by atoms with E-state index in [1.165, 1.54) is 27.6 Å². The number of hydrogen-bond donors (Lipinski definition) is 0. The Labute approximate surface area is 204 Å². The summed E-state index contributed by atoms with van der Waals surface area (Å²) >= 11 is 0. The van der Waals surface area contributed by atoms with Crippen molar-refractivity contribution in [1.29, 1.82) is 0 Å². The van der Waals surface area contributed by atoms with Crippen molar-refractivity contribution in [3.63, 3.8) is 0 Å². The van der Waals surface area contributed by atoms with Gasteiger partial charge in [-0.3, -0.25) is 6.08 Å². The molecule has 0 fully saturated rings. The van der Waals surface area contributed by atoms with Gasteiger partial charge in [0, 0.05) is 12.4 Å². The number of aromatic nitrogens is 1. The van der Waals surface area contributed by atoms with E-state index < -0.39 is 0 Å². The van der Waals surface area contributed by atoms with Crippen molar-refractivity contribution in [3.8, 4) is 5.69 Å². The van der Waals surface area contributed by atoms with Crippen LogP contribution in [0.5, 0.6) is 0 Å². The van der Waals surface area contributed by atoms with Crippen LogP contribution in [-0.2, 0) is 32.3 Å². The molecule has 0 amide bonds. The van der Waals surface area contributed by atoms with E-state index in [0.29, 0.717) is 0 Å². The van der Waals surface area contributed by atoms with Gasteiger partial charge in [0.15, 0.2) is 0 Å². The summed E-state index contributed by atoms with van der Waals surface area (Å²) in [5.41, 5.74) is 3.92. The number of nitrogens with zero attached hydrogens (tertiary/aromatic N) is 1. The van der Waals surface area contributed by atoms with Gasteiger partial charge in [0.05, 0.1) is 0 Å². The third kappa shape index (κ3) is 6.92. The van der Waals surface area contributed by atoms with Crippen molar-refractivity contribution >= 4 is 10.8 Å². The molecule has 1 aliphatic rings. The first kappa shape index (κ1) is 25.3. The summed E-state index contributed by atoms with van der Waals surface area (Å²) in [5.74, 6) is 0. The number of rotatable bonds is 3. The van der Waals surface area contributed by atoms with Crippen molar-refractivity contribution in [2.45, 2.75) is 12.8 Å². The maximum atomic E-state index is 3.31. The van der Waals surface area contributed by atoms with E-state index in [-0.39, 0.29) is 50.7 Å². The molecule has 1 heterocycles. The molecule has 0 aliphatic heterocycles. The molecule has 4 aromatic rings. The molecule has 4 heteroatoms. The van der Waals surface area contributed by atoms with Crippen LogP contribution in [0.2, 0.25) is 0 Å². The summed E-state index contributed by atoms with van der Waals surface area (Å²) in [6.45, 7) is 0. The molecule has 0 unspecified atom stereocenters. The minimum Gasteiger partial charge on any atom is -1.00 e. The minimum absolute atomic E-state index is 0. The molecule has 0 bridgehead atoms. The van der Waals surface area contributed by atoms with E-state index in [1.54, 1.807) is 0 Å². The Morgan fingerprint density at radius 1 is 0.862 bits per heavy atom. The number of hydrogen-bond acceptors (Lipinski definition) is 0. The molecule has 1 nitrogen and oxygen atoms in total. The number of allylic oxidation sites excluding steroid dienone is 4. The van der Waals surface area contributed by atoms with Crippen LogP contribution in [0, 0.1) is 6.08 Å². The van der Waals surface area contributed by atoms with Crippen LogP contribution in [-0.4, -0.2) is 4.57 Å². The van der Waals surface area contributed by atoms with Crippen LogP contribution in [0.25, 0.3) is 16.5 Å². The summed E-state index contributed by atoms with van der Waals surface area (Å²) in [6.07, 6.45) is 13.8. The smallest absolute Gasteiger partial charge is 1.00 e. The number of halogens is 2. The molecule has 0 spiro atoms. The fraction of sp³-hybridized carbons (Fsp3) is 0.0800. The maximum absolute atomic E-state index is 3.31. The summed E-state index contributed by atoms with van der Waals surface area (Å²) in [4.78, 5) is 0. The van der Waals surface area contributed by atoms with Gasteiger partial charge in [-0.05, 0) is 29.8 Å². The monoisotopic (exact) mass is 585 g/mol. The van der Waals surface area contributed by atoms with Crippen molar-refractivity contribution < 1.29 is 50.7 Å². The van der Waals surface area contributed by atoms with E-state index in [0.717, 1.165) is 12.8 Å². The van der Waals surface area contributed by atoms with Crippen molar-refractivity contribution in [2.75, 3.05) is 0 Å². The molecule has 5 rings (SSSR count). The van der Waals surface area contributed by atoms with Gasteiger partial charge in [-0.25, -0.2) is 11.6 Å². The molecular formula is C25H21Cl2HfN. The normalized spacial score (nSPS) is 11.4. The molecule has 0 saturated carbocycles. The Morgan fingerprint density at radius 2 is 1.55 bits per heavy atom. The Balaban J connectivity index is 0.000000266. The molecule has 144 valence electrons. The first-order valence-electron chi connectivity index (χ1n) is 8.97. The quantitative estimate of drug-likeness (QED) is 0.241. The summed E-state index contributed by atoms with van der Waals surface area (Å²) < 4.78 is 2.12. The predicted octanol–water partition coefficient (Wildman–Crippen LogP) is 0.273. The first-order valence-corrected chi connectivity index (χ1v) is 8.97. The summed E-state index contributed by atoms with van der Waals surface area (Å²) in [5, 5.41) is 2.60. The van der Waals surface area contributed by atoms with Gasteiger partial charge in [0.2, 0.25) is 0 Å². The zero-order valence-electron chi connectivity index (χ0n) is 15.9. The fourth-order valence-corrected chi connectivity index (χ4v) is 3.18. The van der Waals surface area contributed by atoms with Gasteiger partial charge in [0.25, 0.3) is 0 Å². The average molecular weight is 585 g/mol. The largest absolute Gasteiger partial charge is 4.00 e. The Bertz CT molecular complexity index is 998. The zero-order chi connectivity index (χ0) is 17.6. The van der Waals surface area contributed by atoms with Crippen LogP contribution in [0.3, 0.4) is 0 Å². The number of benzene rings is 2. The molecule has 0 radical (unpaired) electrons. The molecule has 0 N–H and O–H groups in total. The summed E-state index contributed by atoms with van der Waals surface area (Å²) in [7, 11) is 0. The zero-order valence-corrected chi connectivity index (χ0v) is 21.0. The van der Waals surface area contributed by atoms with Gasteiger partial charge < -0.3 is 29.4 Å². The molecule has 29 heavy (non-hydrogen) atoms. The van der Waals surface area contributed by atoms with Crippen LogP contribution in [0.15, 0.2) is 109 Å². The van der Waals surface area contributed by atoms with Gasteiger partial charge >= 0.3 is 25.8 Å².